The largest absolute Gasteiger partial charge is 0.468 e. The summed E-state index contributed by atoms with van der Waals surface area (Å²) in [5.41, 5.74) is 1.60. The van der Waals surface area contributed by atoms with E-state index < -0.39 is 11.9 Å². The van der Waals surface area contributed by atoms with Gasteiger partial charge in [-0.15, -0.1) is 0 Å². The van der Waals surface area contributed by atoms with Crippen LogP contribution in [0.15, 0.2) is 22.7 Å². The number of Topliss-reactive ketones (excluding diaryl/α,β-unsaturated/α-hetero) is 1. The van der Waals surface area contributed by atoms with Crippen LogP contribution in [0.3, 0.4) is 0 Å². The molecule has 0 amide bonds. The minimum absolute atomic E-state index is 0.166. The number of hydrogen-bond acceptors (Lipinski definition) is 3. The molecule has 0 radical (unpaired) electrons. The van der Waals surface area contributed by atoms with Gasteiger partial charge < -0.3 is 4.74 Å². The zero-order valence-electron chi connectivity index (χ0n) is 11.5. The fraction of sp³-hybridized carbons (Fsp3) is 0.467. The number of hydrogen-bond donors (Lipinski definition) is 0. The van der Waals surface area contributed by atoms with Crippen molar-refractivity contribution < 1.29 is 14.3 Å². The predicted molar refractivity (Wildman–Crippen MR) is 78.2 cm³/mol. The molecule has 4 heteroatoms. The van der Waals surface area contributed by atoms with Gasteiger partial charge in [0.1, 0.15) is 5.92 Å². The van der Waals surface area contributed by atoms with Gasteiger partial charge in [0.25, 0.3) is 0 Å². The summed E-state index contributed by atoms with van der Waals surface area (Å²) in [4.78, 5) is 24.1. The van der Waals surface area contributed by atoms with Crippen LogP contribution in [0.25, 0.3) is 0 Å². The Labute approximate surface area is 122 Å². The van der Waals surface area contributed by atoms with Crippen molar-refractivity contribution in [3.05, 3.63) is 33.8 Å². The molecular weight excluding hydrogens is 308 g/mol. The maximum absolute atomic E-state index is 12.4. The van der Waals surface area contributed by atoms with Gasteiger partial charge in [-0.05, 0) is 25.0 Å². The number of unbranched alkanes of at least 4 members (excludes halogenated alkanes) is 1. The minimum atomic E-state index is -0.695. The quantitative estimate of drug-likeness (QED) is 0.452. The van der Waals surface area contributed by atoms with E-state index in [-0.39, 0.29) is 5.78 Å². The topological polar surface area (TPSA) is 43.4 Å². The van der Waals surface area contributed by atoms with E-state index in [2.05, 4.69) is 15.9 Å². The monoisotopic (exact) mass is 326 g/mol. The Morgan fingerprint density at radius 3 is 2.58 bits per heavy atom. The van der Waals surface area contributed by atoms with Crippen molar-refractivity contribution in [2.75, 3.05) is 7.11 Å². The summed E-state index contributed by atoms with van der Waals surface area (Å²) < 4.78 is 5.61. The number of benzene rings is 1. The number of esters is 1. The molecule has 0 saturated heterocycles. The second-order valence-electron chi connectivity index (χ2n) is 4.55. The van der Waals surface area contributed by atoms with Gasteiger partial charge in [-0.2, -0.15) is 0 Å². The van der Waals surface area contributed by atoms with Crippen molar-refractivity contribution in [2.24, 2.45) is 5.92 Å². The summed E-state index contributed by atoms with van der Waals surface area (Å²) in [6.07, 6.45) is 2.31. The number of methoxy groups -OCH3 is 1. The third-order valence-corrected chi connectivity index (χ3v) is 3.96. The van der Waals surface area contributed by atoms with Crippen molar-refractivity contribution in [2.45, 2.75) is 33.1 Å². The maximum atomic E-state index is 12.4. The van der Waals surface area contributed by atoms with Crippen molar-refractivity contribution in [1.29, 1.82) is 0 Å². The maximum Gasteiger partial charge on any atom is 0.316 e. The fourth-order valence-corrected chi connectivity index (χ4v) is 2.23. The molecule has 0 aliphatic heterocycles. The first-order valence-electron chi connectivity index (χ1n) is 6.39. The van der Waals surface area contributed by atoms with E-state index in [1.54, 1.807) is 12.1 Å². The average molecular weight is 327 g/mol. The predicted octanol–water partition coefficient (Wildman–Crippen LogP) is 3.92. The molecule has 19 heavy (non-hydrogen) atoms. The molecule has 1 unspecified atom stereocenters. The third kappa shape index (κ3) is 4.16. The second-order valence-corrected chi connectivity index (χ2v) is 5.40. The lowest BCUT2D eigenvalue weighted by molar-refractivity contribution is -0.143. The van der Waals surface area contributed by atoms with Gasteiger partial charge >= 0.3 is 5.97 Å². The van der Waals surface area contributed by atoms with E-state index in [4.69, 9.17) is 4.74 Å². The van der Waals surface area contributed by atoms with Gasteiger partial charge in [-0.3, -0.25) is 9.59 Å². The lowest BCUT2D eigenvalue weighted by atomic mass is 9.92. The highest BCUT2D eigenvalue weighted by molar-refractivity contribution is 9.10. The first-order chi connectivity index (χ1) is 9.01. The van der Waals surface area contributed by atoms with Crippen molar-refractivity contribution >= 4 is 27.7 Å². The summed E-state index contributed by atoms with van der Waals surface area (Å²) in [6.45, 7) is 3.98. The van der Waals surface area contributed by atoms with Gasteiger partial charge in [0.2, 0.25) is 0 Å². The highest BCUT2D eigenvalue weighted by atomic mass is 79.9. The first-order valence-corrected chi connectivity index (χ1v) is 7.18. The van der Waals surface area contributed by atoms with E-state index in [1.807, 2.05) is 19.9 Å². The van der Waals surface area contributed by atoms with Gasteiger partial charge in [0, 0.05) is 10.0 Å². The highest BCUT2D eigenvalue weighted by Crippen LogP contribution is 2.22. The Balaban J connectivity index is 2.97. The van der Waals surface area contributed by atoms with Crippen LogP contribution in [0.2, 0.25) is 0 Å². The lowest BCUT2D eigenvalue weighted by Crippen LogP contribution is -2.25. The van der Waals surface area contributed by atoms with Crippen LogP contribution in [0.1, 0.15) is 42.1 Å². The van der Waals surface area contributed by atoms with Gasteiger partial charge in [0.15, 0.2) is 5.78 Å². The SMILES string of the molecule is CCCCC(C(=O)OC)C(=O)c1ccc(C)c(Br)c1. The van der Waals surface area contributed by atoms with Crippen LogP contribution in [-0.4, -0.2) is 18.9 Å². The number of aryl methyl sites for hydroxylation is 1. The molecule has 0 heterocycles. The number of halogens is 1. The van der Waals surface area contributed by atoms with Gasteiger partial charge in [-0.1, -0.05) is 47.8 Å². The van der Waals surface area contributed by atoms with E-state index >= 15 is 0 Å². The molecule has 104 valence electrons. The molecule has 1 atom stereocenters. The van der Waals surface area contributed by atoms with E-state index in [9.17, 15) is 9.59 Å². The van der Waals surface area contributed by atoms with Crippen LogP contribution >= 0.6 is 15.9 Å². The number of ether oxygens (including phenoxy) is 1. The summed E-state index contributed by atoms with van der Waals surface area (Å²) in [6, 6.07) is 5.38. The number of ketones is 1. The second kappa shape index (κ2) is 7.43. The smallest absolute Gasteiger partial charge is 0.316 e. The number of carbonyl (C=O) groups is 2. The Kier molecular flexibility index (Phi) is 6.22. The van der Waals surface area contributed by atoms with Crippen LogP contribution in [0.4, 0.5) is 0 Å². The number of rotatable bonds is 6. The first kappa shape index (κ1) is 15.9. The van der Waals surface area contributed by atoms with Crippen LogP contribution in [0.5, 0.6) is 0 Å². The molecular formula is C15H19BrO3. The molecule has 0 N–H and O–H groups in total. The molecule has 0 saturated carbocycles. The number of carbonyl (C=O) groups excluding carboxylic acids is 2. The lowest BCUT2D eigenvalue weighted by Gasteiger charge is -2.13. The molecule has 1 aromatic carbocycles. The van der Waals surface area contributed by atoms with Crippen molar-refractivity contribution in [3.63, 3.8) is 0 Å². The van der Waals surface area contributed by atoms with Crippen molar-refractivity contribution in [1.82, 2.24) is 0 Å². The van der Waals surface area contributed by atoms with E-state index in [0.717, 1.165) is 22.9 Å². The van der Waals surface area contributed by atoms with Gasteiger partial charge in [0.05, 0.1) is 7.11 Å². The molecule has 0 bridgehead atoms. The standard InChI is InChI=1S/C15H19BrO3/c1-4-5-6-12(15(18)19-3)14(17)11-8-7-10(2)13(16)9-11/h7-9,12H,4-6H2,1-3H3. The minimum Gasteiger partial charge on any atom is -0.468 e. The Bertz CT molecular complexity index is 468. The molecule has 1 aromatic rings. The Morgan fingerprint density at radius 1 is 1.37 bits per heavy atom. The Morgan fingerprint density at radius 2 is 2.05 bits per heavy atom. The van der Waals surface area contributed by atoms with Crippen LogP contribution in [0, 0.1) is 12.8 Å². The van der Waals surface area contributed by atoms with Crippen LogP contribution < -0.4 is 0 Å². The zero-order chi connectivity index (χ0) is 14.4. The summed E-state index contributed by atoms with van der Waals surface area (Å²) in [5, 5.41) is 0. The van der Waals surface area contributed by atoms with Crippen LogP contribution in [-0.2, 0) is 9.53 Å². The molecule has 3 nitrogen and oxygen atoms in total. The fourth-order valence-electron chi connectivity index (χ4n) is 1.85. The normalized spacial score (nSPS) is 12.0. The highest BCUT2D eigenvalue weighted by Gasteiger charge is 2.28. The third-order valence-electron chi connectivity index (χ3n) is 3.10. The summed E-state index contributed by atoms with van der Waals surface area (Å²) in [7, 11) is 1.32. The molecule has 0 aliphatic carbocycles. The molecule has 1 rings (SSSR count). The molecule has 0 aromatic heterocycles. The molecule has 0 aliphatic rings. The Hall–Kier alpha value is -1.16. The van der Waals surface area contributed by atoms with Crippen molar-refractivity contribution in [3.8, 4) is 0 Å². The van der Waals surface area contributed by atoms with Gasteiger partial charge in [-0.25, -0.2) is 0 Å². The summed E-state index contributed by atoms with van der Waals surface area (Å²) >= 11 is 3.40. The molecule has 0 spiro atoms. The summed E-state index contributed by atoms with van der Waals surface area (Å²) in [5.74, 6) is -1.31. The zero-order valence-corrected chi connectivity index (χ0v) is 13.1. The average Bonchev–Trinajstić information content (AvgIpc) is 2.41. The van der Waals surface area contributed by atoms with E-state index in [1.165, 1.54) is 7.11 Å². The molecule has 0 fully saturated rings. The van der Waals surface area contributed by atoms with E-state index in [0.29, 0.717) is 12.0 Å².